The third-order valence-corrected chi connectivity index (χ3v) is 1.48. The molecule has 0 spiro atoms. The average molecular weight is 169 g/mol. The Morgan fingerprint density at radius 3 is 2.50 bits per heavy atom. The molecule has 68 valence electrons. The number of aryl methyl sites for hydroxylation is 1. The maximum Gasteiger partial charge on any atom is 0.164 e. The maximum atomic E-state index is 3.86. The van der Waals surface area contributed by atoms with Gasteiger partial charge in [0.25, 0.3) is 0 Å². The Hall–Kier alpha value is -0.970. The van der Waals surface area contributed by atoms with E-state index in [2.05, 4.69) is 41.6 Å². The smallest absolute Gasteiger partial charge is 0.164 e. The largest absolute Gasteiger partial charge is 0.305 e. The highest BCUT2D eigenvalue weighted by molar-refractivity contribution is 4.81. The zero-order valence-electron chi connectivity index (χ0n) is 8.00. The van der Waals surface area contributed by atoms with Gasteiger partial charge in [-0.2, -0.15) is 0 Å². The first-order valence-electron chi connectivity index (χ1n) is 3.95. The molecule has 0 aliphatic rings. The fraction of sp³-hybridized carbons (Fsp3) is 0.857. The lowest BCUT2D eigenvalue weighted by atomic mass is 10.1. The second kappa shape index (κ2) is 3.18. The number of tetrazole rings is 1. The summed E-state index contributed by atoms with van der Waals surface area (Å²) in [7, 11) is 1.83. The van der Waals surface area contributed by atoms with Gasteiger partial charge in [-0.1, -0.05) is 0 Å². The van der Waals surface area contributed by atoms with Crippen molar-refractivity contribution in [2.24, 2.45) is 7.05 Å². The van der Waals surface area contributed by atoms with Gasteiger partial charge in [0.05, 0.1) is 6.54 Å². The maximum absolute atomic E-state index is 3.86. The van der Waals surface area contributed by atoms with Gasteiger partial charge >= 0.3 is 0 Å². The number of aromatic nitrogens is 4. The van der Waals surface area contributed by atoms with Crippen molar-refractivity contribution in [1.29, 1.82) is 0 Å². The van der Waals surface area contributed by atoms with Gasteiger partial charge in [-0.25, -0.2) is 4.68 Å². The fourth-order valence-corrected chi connectivity index (χ4v) is 0.742. The van der Waals surface area contributed by atoms with E-state index in [9.17, 15) is 0 Å². The van der Waals surface area contributed by atoms with Crippen molar-refractivity contribution in [3.8, 4) is 0 Å². The highest BCUT2D eigenvalue weighted by Gasteiger charge is 2.10. The van der Waals surface area contributed by atoms with Crippen LogP contribution in [0.15, 0.2) is 0 Å². The molecule has 5 nitrogen and oxygen atoms in total. The molecule has 1 aromatic rings. The Morgan fingerprint density at radius 1 is 1.42 bits per heavy atom. The lowest BCUT2D eigenvalue weighted by Gasteiger charge is -2.19. The Balaban J connectivity index is 2.49. The van der Waals surface area contributed by atoms with Crippen molar-refractivity contribution in [1.82, 2.24) is 25.5 Å². The van der Waals surface area contributed by atoms with Crippen LogP contribution < -0.4 is 5.32 Å². The van der Waals surface area contributed by atoms with E-state index in [1.807, 2.05) is 7.05 Å². The molecule has 0 fully saturated rings. The van der Waals surface area contributed by atoms with Gasteiger partial charge < -0.3 is 5.32 Å². The van der Waals surface area contributed by atoms with E-state index in [1.54, 1.807) is 4.68 Å². The van der Waals surface area contributed by atoms with E-state index >= 15 is 0 Å². The predicted molar refractivity (Wildman–Crippen MR) is 45.4 cm³/mol. The fourth-order valence-electron chi connectivity index (χ4n) is 0.742. The van der Waals surface area contributed by atoms with E-state index in [-0.39, 0.29) is 5.54 Å². The molecule has 1 rings (SSSR count). The van der Waals surface area contributed by atoms with Crippen LogP contribution in [0.25, 0.3) is 0 Å². The normalized spacial score (nSPS) is 12.0. The SMILES string of the molecule is Cn1nnnc1CNC(C)(C)C. The second-order valence-corrected chi connectivity index (χ2v) is 3.82. The number of hydrogen-bond acceptors (Lipinski definition) is 4. The van der Waals surface area contributed by atoms with Crippen molar-refractivity contribution >= 4 is 0 Å². The van der Waals surface area contributed by atoms with Gasteiger partial charge in [-0.15, -0.1) is 5.10 Å². The van der Waals surface area contributed by atoms with Crippen molar-refractivity contribution < 1.29 is 0 Å². The molecule has 1 heterocycles. The van der Waals surface area contributed by atoms with E-state index in [0.29, 0.717) is 6.54 Å². The van der Waals surface area contributed by atoms with Gasteiger partial charge in [0.1, 0.15) is 0 Å². The molecule has 0 unspecified atom stereocenters. The molecule has 0 bridgehead atoms. The van der Waals surface area contributed by atoms with Crippen LogP contribution in [0.1, 0.15) is 26.6 Å². The Kier molecular flexibility index (Phi) is 2.42. The third-order valence-electron chi connectivity index (χ3n) is 1.48. The summed E-state index contributed by atoms with van der Waals surface area (Å²) in [6, 6.07) is 0. The number of nitrogens with one attached hydrogen (secondary N) is 1. The van der Waals surface area contributed by atoms with Crippen molar-refractivity contribution in [2.75, 3.05) is 0 Å². The zero-order chi connectivity index (χ0) is 9.19. The van der Waals surface area contributed by atoms with Crippen LogP contribution in [0, 0.1) is 0 Å². The van der Waals surface area contributed by atoms with Gasteiger partial charge in [0.2, 0.25) is 0 Å². The summed E-state index contributed by atoms with van der Waals surface area (Å²) in [6.45, 7) is 7.03. The molecule has 0 saturated heterocycles. The van der Waals surface area contributed by atoms with Crippen molar-refractivity contribution in [3.05, 3.63) is 5.82 Å². The molecular weight excluding hydrogens is 154 g/mol. The molecule has 0 radical (unpaired) electrons. The highest BCUT2D eigenvalue weighted by atomic mass is 15.5. The van der Waals surface area contributed by atoms with E-state index < -0.39 is 0 Å². The summed E-state index contributed by atoms with van der Waals surface area (Å²) in [6.07, 6.45) is 0. The van der Waals surface area contributed by atoms with Crippen LogP contribution in [0.5, 0.6) is 0 Å². The monoisotopic (exact) mass is 169 g/mol. The summed E-state index contributed by atoms with van der Waals surface area (Å²) in [4.78, 5) is 0. The zero-order valence-corrected chi connectivity index (χ0v) is 8.00. The summed E-state index contributed by atoms with van der Waals surface area (Å²) in [5.41, 5.74) is 0.103. The molecule has 0 aromatic carbocycles. The molecular formula is C7H15N5. The summed E-state index contributed by atoms with van der Waals surface area (Å²) < 4.78 is 1.67. The molecule has 0 aliphatic heterocycles. The first-order valence-corrected chi connectivity index (χ1v) is 3.95. The van der Waals surface area contributed by atoms with E-state index in [1.165, 1.54) is 0 Å². The second-order valence-electron chi connectivity index (χ2n) is 3.82. The minimum Gasteiger partial charge on any atom is -0.305 e. The lowest BCUT2D eigenvalue weighted by molar-refractivity contribution is 0.412. The molecule has 0 aliphatic carbocycles. The van der Waals surface area contributed by atoms with Crippen LogP contribution in [-0.4, -0.2) is 25.7 Å². The predicted octanol–water partition coefficient (Wildman–Crippen LogP) is 0.0982. The Morgan fingerprint density at radius 2 is 2.08 bits per heavy atom. The van der Waals surface area contributed by atoms with Gasteiger partial charge in [0, 0.05) is 12.6 Å². The van der Waals surface area contributed by atoms with E-state index in [0.717, 1.165) is 5.82 Å². The number of hydrogen-bond donors (Lipinski definition) is 1. The number of nitrogens with zero attached hydrogens (tertiary/aromatic N) is 4. The van der Waals surface area contributed by atoms with Crippen LogP contribution in [0.4, 0.5) is 0 Å². The minimum absolute atomic E-state index is 0.103. The van der Waals surface area contributed by atoms with Gasteiger partial charge in [0.15, 0.2) is 5.82 Å². The summed E-state index contributed by atoms with van der Waals surface area (Å²) in [5, 5.41) is 14.4. The molecule has 1 aromatic heterocycles. The Bertz CT molecular complexity index is 247. The standard InChI is InChI=1S/C7H15N5/c1-7(2,3)8-5-6-9-10-11-12(6)4/h8H,5H2,1-4H3. The molecule has 1 N–H and O–H groups in total. The highest BCUT2D eigenvalue weighted by Crippen LogP contribution is 2.00. The van der Waals surface area contributed by atoms with Crippen molar-refractivity contribution in [2.45, 2.75) is 32.9 Å². The lowest BCUT2D eigenvalue weighted by Crippen LogP contribution is -2.35. The van der Waals surface area contributed by atoms with Crippen molar-refractivity contribution in [3.63, 3.8) is 0 Å². The molecule has 0 atom stereocenters. The topological polar surface area (TPSA) is 55.6 Å². The first-order chi connectivity index (χ1) is 5.49. The molecule has 5 heteroatoms. The minimum atomic E-state index is 0.103. The first kappa shape index (κ1) is 9.12. The molecule has 0 saturated carbocycles. The molecule has 12 heavy (non-hydrogen) atoms. The van der Waals surface area contributed by atoms with Crippen LogP contribution in [0.3, 0.4) is 0 Å². The number of rotatable bonds is 2. The van der Waals surface area contributed by atoms with Crippen LogP contribution >= 0.6 is 0 Å². The molecule has 0 amide bonds. The quantitative estimate of drug-likeness (QED) is 0.682. The van der Waals surface area contributed by atoms with Crippen LogP contribution in [0.2, 0.25) is 0 Å². The summed E-state index contributed by atoms with van der Waals surface area (Å²) >= 11 is 0. The van der Waals surface area contributed by atoms with E-state index in [4.69, 9.17) is 0 Å². The Labute approximate surface area is 72.2 Å². The summed E-state index contributed by atoms with van der Waals surface area (Å²) in [5.74, 6) is 0.852. The van der Waals surface area contributed by atoms with Crippen LogP contribution in [-0.2, 0) is 13.6 Å². The van der Waals surface area contributed by atoms with Gasteiger partial charge in [-0.05, 0) is 31.2 Å². The van der Waals surface area contributed by atoms with Gasteiger partial charge in [-0.3, -0.25) is 0 Å². The average Bonchev–Trinajstić information content (AvgIpc) is 2.29. The third kappa shape index (κ3) is 2.58.